The van der Waals surface area contributed by atoms with Crippen molar-refractivity contribution in [3.05, 3.63) is 42.0 Å². The lowest BCUT2D eigenvalue weighted by atomic mass is 10.1. The molecule has 0 saturated heterocycles. The topological polar surface area (TPSA) is 0 Å². The second-order valence-corrected chi connectivity index (χ2v) is 4.95. The highest BCUT2D eigenvalue weighted by atomic mass is 14.4. The van der Waals surface area contributed by atoms with Crippen LogP contribution in [0.3, 0.4) is 0 Å². The highest BCUT2D eigenvalue weighted by molar-refractivity contribution is 5.48. The molecule has 0 aliphatic heterocycles. The monoisotopic (exact) mass is 214 g/mol. The molecule has 2 rings (SSSR count). The van der Waals surface area contributed by atoms with E-state index >= 15 is 0 Å². The maximum atomic E-state index is 2.35. The zero-order valence-corrected chi connectivity index (χ0v) is 10.2. The molecule has 1 saturated carbocycles. The summed E-state index contributed by atoms with van der Waals surface area (Å²) in [4.78, 5) is 0. The van der Waals surface area contributed by atoms with Gasteiger partial charge in [-0.3, -0.25) is 0 Å². The first-order chi connectivity index (χ1) is 7.90. The van der Waals surface area contributed by atoms with Gasteiger partial charge in [0.1, 0.15) is 0 Å². The van der Waals surface area contributed by atoms with E-state index in [-0.39, 0.29) is 0 Å². The normalized spacial score (nSPS) is 23.8. The van der Waals surface area contributed by atoms with Gasteiger partial charge in [0, 0.05) is 0 Å². The second kappa shape index (κ2) is 5.89. The fraction of sp³-hybridized carbons (Fsp3) is 0.500. The summed E-state index contributed by atoms with van der Waals surface area (Å²) in [6.07, 6.45) is 11.6. The van der Waals surface area contributed by atoms with Crippen LogP contribution in [-0.4, -0.2) is 0 Å². The van der Waals surface area contributed by atoms with Crippen LogP contribution in [0.4, 0.5) is 0 Å². The Morgan fingerprint density at radius 1 is 1.19 bits per heavy atom. The molecular formula is C16H22. The highest BCUT2D eigenvalue weighted by Gasteiger charge is 2.34. The van der Waals surface area contributed by atoms with Crippen molar-refractivity contribution in [3.63, 3.8) is 0 Å². The number of unbranched alkanes of at least 4 members (excludes halogenated alkanes) is 1. The number of allylic oxidation sites excluding steroid dienone is 1. The Morgan fingerprint density at radius 2 is 2.00 bits per heavy atom. The van der Waals surface area contributed by atoms with Crippen molar-refractivity contribution in [1.29, 1.82) is 0 Å². The molecule has 2 unspecified atom stereocenters. The Labute approximate surface area is 99.4 Å². The summed E-state index contributed by atoms with van der Waals surface area (Å²) in [5.74, 6) is 2.03. The van der Waals surface area contributed by atoms with E-state index in [1.54, 1.807) is 0 Å². The molecule has 1 aromatic carbocycles. The Morgan fingerprint density at radius 3 is 2.75 bits per heavy atom. The first-order valence-electron chi connectivity index (χ1n) is 6.61. The molecule has 0 bridgehead atoms. The molecular weight excluding hydrogens is 192 g/mol. The van der Waals surface area contributed by atoms with Crippen LogP contribution in [-0.2, 0) is 0 Å². The fourth-order valence-corrected chi connectivity index (χ4v) is 2.36. The van der Waals surface area contributed by atoms with Gasteiger partial charge in [0.2, 0.25) is 0 Å². The molecule has 0 N–H and O–H groups in total. The van der Waals surface area contributed by atoms with Crippen LogP contribution < -0.4 is 0 Å². The molecule has 0 nitrogen and oxygen atoms in total. The van der Waals surface area contributed by atoms with Crippen molar-refractivity contribution in [1.82, 2.24) is 0 Å². The lowest BCUT2D eigenvalue weighted by Crippen LogP contribution is -1.81. The van der Waals surface area contributed by atoms with Gasteiger partial charge in [0.25, 0.3) is 0 Å². The third-order valence-electron chi connectivity index (χ3n) is 3.55. The lowest BCUT2D eigenvalue weighted by Gasteiger charge is -1.95. The summed E-state index contributed by atoms with van der Waals surface area (Å²) in [5, 5.41) is 0. The van der Waals surface area contributed by atoms with Crippen LogP contribution in [0.25, 0.3) is 6.08 Å². The maximum Gasteiger partial charge on any atom is -0.0260 e. The second-order valence-electron chi connectivity index (χ2n) is 4.95. The van der Waals surface area contributed by atoms with Crippen LogP contribution in [0.2, 0.25) is 0 Å². The minimum atomic E-state index is 0.992. The molecule has 0 aromatic heterocycles. The molecule has 0 heterocycles. The average Bonchev–Trinajstić information content (AvgIpc) is 3.07. The van der Waals surface area contributed by atoms with Gasteiger partial charge >= 0.3 is 0 Å². The van der Waals surface area contributed by atoms with Gasteiger partial charge in [0.15, 0.2) is 0 Å². The molecule has 0 amide bonds. The third kappa shape index (κ3) is 3.52. The fourth-order valence-electron chi connectivity index (χ4n) is 2.36. The van der Waals surface area contributed by atoms with Crippen molar-refractivity contribution in [2.75, 3.05) is 0 Å². The number of benzene rings is 1. The maximum absolute atomic E-state index is 2.35. The first kappa shape index (κ1) is 11.4. The summed E-state index contributed by atoms with van der Waals surface area (Å²) in [5.41, 5.74) is 1.33. The Balaban J connectivity index is 1.68. The smallest absolute Gasteiger partial charge is 0.0260 e. The van der Waals surface area contributed by atoms with E-state index in [1.807, 2.05) is 0 Å². The summed E-state index contributed by atoms with van der Waals surface area (Å²) in [6.45, 7) is 2.28. The molecule has 1 aliphatic carbocycles. The SMILES string of the molecule is CCCCC1CC1C/C=C/c1ccccc1. The summed E-state index contributed by atoms with van der Waals surface area (Å²) in [6, 6.07) is 10.6. The summed E-state index contributed by atoms with van der Waals surface area (Å²) < 4.78 is 0. The van der Waals surface area contributed by atoms with Gasteiger partial charge in [-0.2, -0.15) is 0 Å². The Hall–Kier alpha value is -1.04. The average molecular weight is 214 g/mol. The number of hydrogen-bond donors (Lipinski definition) is 0. The van der Waals surface area contributed by atoms with Gasteiger partial charge < -0.3 is 0 Å². The van der Waals surface area contributed by atoms with Crippen LogP contribution in [0, 0.1) is 11.8 Å². The molecule has 2 atom stereocenters. The van der Waals surface area contributed by atoms with E-state index in [0.29, 0.717) is 0 Å². The molecule has 1 aliphatic rings. The molecule has 16 heavy (non-hydrogen) atoms. The van der Waals surface area contributed by atoms with Gasteiger partial charge in [-0.25, -0.2) is 0 Å². The molecule has 1 aromatic rings. The zero-order valence-electron chi connectivity index (χ0n) is 10.2. The van der Waals surface area contributed by atoms with E-state index in [9.17, 15) is 0 Å². The molecule has 0 radical (unpaired) electrons. The first-order valence-corrected chi connectivity index (χ1v) is 6.61. The predicted molar refractivity (Wildman–Crippen MR) is 71.2 cm³/mol. The van der Waals surface area contributed by atoms with Crippen molar-refractivity contribution in [2.24, 2.45) is 11.8 Å². The highest BCUT2D eigenvalue weighted by Crippen LogP contribution is 2.44. The van der Waals surface area contributed by atoms with Crippen molar-refractivity contribution < 1.29 is 0 Å². The van der Waals surface area contributed by atoms with Crippen LogP contribution in [0.5, 0.6) is 0 Å². The molecule has 86 valence electrons. The molecule has 1 fully saturated rings. The van der Waals surface area contributed by atoms with Crippen LogP contribution in [0.15, 0.2) is 36.4 Å². The van der Waals surface area contributed by atoms with Gasteiger partial charge in [-0.05, 0) is 30.2 Å². The predicted octanol–water partition coefficient (Wildman–Crippen LogP) is 4.92. The Kier molecular flexibility index (Phi) is 4.21. The summed E-state index contributed by atoms with van der Waals surface area (Å²) in [7, 11) is 0. The number of hydrogen-bond acceptors (Lipinski definition) is 0. The molecule has 0 spiro atoms. The standard InChI is InChI=1S/C16H22/c1-2-3-11-15-13-16(15)12-7-10-14-8-5-4-6-9-14/h4-10,15-16H,2-3,11-13H2,1H3/b10-7+. The van der Waals surface area contributed by atoms with Crippen molar-refractivity contribution in [2.45, 2.75) is 39.0 Å². The van der Waals surface area contributed by atoms with Crippen molar-refractivity contribution in [3.8, 4) is 0 Å². The van der Waals surface area contributed by atoms with E-state index in [4.69, 9.17) is 0 Å². The third-order valence-corrected chi connectivity index (χ3v) is 3.55. The largest absolute Gasteiger partial charge is 0.0837 e. The molecule has 0 heteroatoms. The zero-order chi connectivity index (χ0) is 11.2. The van der Waals surface area contributed by atoms with E-state index in [2.05, 4.69) is 49.4 Å². The lowest BCUT2D eigenvalue weighted by molar-refractivity contribution is 0.605. The number of rotatable bonds is 6. The van der Waals surface area contributed by atoms with Crippen LogP contribution in [0.1, 0.15) is 44.6 Å². The Bertz CT molecular complexity index is 323. The quantitative estimate of drug-likeness (QED) is 0.630. The van der Waals surface area contributed by atoms with E-state index in [1.165, 1.54) is 37.7 Å². The van der Waals surface area contributed by atoms with Gasteiger partial charge in [-0.15, -0.1) is 0 Å². The summed E-state index contributed by atoms with van der Waals surface area (Å²) >= 11 is 0. The van der Waals surface area contributed by atoms with Gasteiger partial charge in [0.05, 0.1) is 0 Å². The van der Waals surface area contributed by atoms with Crippen LogP contribution >= 0.6 is 0 Å². The van der Waals surface area contributed by atoms with Gasteiger partial charge in [-0.1, -0.05) is 68.7 Å². The van der Waals surface area contributed by atoms with E-state index in [0.717, 1.165) is 11.8 Å². The van der Waals surface area contributed by atoms with E-state index < -0.39 is 0 Å². The minimum absolute atomic E-state index is 0.992. The van der Waals surface area contributed by atoms with Crippen molar-refractivity contribution >= 4 is 6.08 Å². The minimum Gasteiger partial charge on any atom is -0.0837 e.